The normalized spacial score (nSPS) is 29.0. The van der Waals surface area contributed by atoms with E-state index in [0.29, 0.717) is 5.56 Å². The van der Waals surface area contributed by atoms with E-state index in [1.807, 2.05) is 0 Å². The zero-order valence-corrected chi connectivity index (χ0v) is 14.5. The van der Waals surface area contributed by atoms with Gasteiger partial charge in [-0.2, -0.15) is 0 Å². The van der Waals surface area contributed by atoms with E-state index in [2.05, 4.69) is 0 Å². The summed E-state index contributed by atoms with van der Waals surface area (Å²) in [6, 6.07) is 3.24. The van der Waals surface area contributed by atoms with Gasteiger partial charge in [0.05, 0.1) is 27.4 Å². The minimum atomic E-state index is -1.56. The number of benzene rings is 1. The molecule has 1 aromatic carbocycles. The molecule has 0 amide bonds. The van der Waals surface area contributed by atoms with E-state index in [0.717, 1.165) is 0 Å². The number of methoxy groups -OCH3 is 2. The van der Waals surface area contributed by atoms with Gasteiger partial charge in [0.2, 0.25) is 12.0 Å². The Hall–Kier alpha value is -1.88. The predicted molar refractivity (Wildman–Crippen MR) is 90.1 cm³/mol. The standard InChI is InChI=1S/C17H24O9/c1-23-10-6-9(4-3-5-18)7-11(24-2)16(10)26-17-15(22)14(21)13(20)12(8-19)25-17/h3-4,6-7,12-15,17-22H,5,8H2,1-2H3/t12-,13+,14+,15-,17+/m1/s1. The summed E-state index contributed by atoms with van der Waals surface area (Å²) in [5.74, 6) is 0.637. The molecule has 5 N–H and O–H groups in total. The summed E-state index contributed by atoms with van der Waals surface area (Å²) < 4.78 is 21.6. The van der Waals surface area contributed by atoms with E-state index in [4.69, 9.17) is 24.1 Å². The van der Waals surface area contributed by atoms with Crippen molar-refractivity contribution in [2.24, 2.45) is 0 Å². The topological polar surface area (TPSA) is 138 Å². The van der Waals surface area contributed by atoms with Crippen molar-refractivity contribution >= 4 is 6.08 Å². The Labute approximate surface area is 150 Å². The minimum absolute atomic E-state index is 0.112. The van der Waals surface area contributed by atoms with Crippen molar-refractivity contribution in [1.29, 1.82) is 0 Å². The molecule has 2 rings (SSSR count). The monoisotopic (exact) mass is 372 g/mol. The molecule has 1 aliphatic heterocycles. The van der Waals surface area contributed by atoms with E-state index in [1.54, 1.807) is 18.2 Å². The van der Waals surface area contributed by atoms with Crippen LogP contribution in [-0.2, 0) is 4.74 Å². The Bertz CT molecular complexity index is 591. The lowest BCUT2D eigenvalue weighted by Crippen LogP contribution is -2.60. The van der Waals surface area contributed by atoms with Crippen LogP contribution in [0.3, 0.4) is 0 Å². The second-order valence-electron chi connectivity index (χ2n) is 5.65. The fourth-order valence-electron chi connectivity index (χ4n) is 2.58. The number of aliphatic hydroxyl groups is 5. The third-order valence-corrected chi connectivity index (χ3v) is 3.98. The Morgan fingerprint density at radius 3 is 2.12 bits per heavy atom. The summed E-state index contributed by atoms with van der Waals surface area (Å²) >= 11 is 0. The second kappa shape index (κ2) is 9.17. The molecule has 0 saturated carbocycles. The molecule has 0 spiro atoms. The molecule has 5 atom stereocenters. The molecule has 146 valence electrons. The van der Waals surface area contributed by atoms with Gasteiger partial charge < -0.3 is 44.5 Å². The number of hydrogen-bond donors (Lipinski definition) is 5. The van der Waals surface area contributed by atoms with Gasteiger partial charge in [-0.05, 0) is 17.7 Å². The summed E-state index contributed by atoms with van der Waals surface area (Å²) in [5.41, 5.74) is 0.675. The van der Waals surface area contributed by atoms with Crippen molar-refractivity contribution in [3.63, 3.8) is 0 Å². The SMILES string of the molecule is COc1cc(C=CCO)cc(OC)c1O[C@@H]1O[C@H](CO)[C@H](O)[C@H](O)[C@H]1O. The van der Waals surface area contributed by atoms with Crippen molar-refractivity contribution in [3.8, 4) is 17.2 Å². The lowest BCUT2D eigenvalue weighted by atomic mass is 9.99. The van der Waals surface area contributed by atoms with Crippen LogP contribution < -0.4 is 14.2 Å². The van der Waals surface area contributed by atoms with Crippen LogP contribution in [0.2, 0.25) is 0 Å². The first-order valence-electron chi connectivity index (χ1n) is 7.97. The highest BCUT2D eigenvalue weighted by molar-refractivity contribution is 5.62. The highest BCUT2D eigenvalue weighted by Crippen LogP contribution is 2.40. The number of hydrogen-bond acceptors (Lipinski definition) is 9. The maximum Gasteiger partial charge on any atom is 0.229 e. The van der Waals surface area contributed by atoms with Gasteiger partial charge in [0.1, 0.15) is 24.4 Å². The van der Waals surface area contributed by atoms with Gasteiger partial charge >= 0.3 is 0 Å². The molecule has 1 heterocycles. The van der Waals surface area contributed by atoms with E-state index in [9.17, 15) is 20.4 Å². The third kappa shape index (κ3) is 4.26. The van der Waals surface area contributed by atoms with Gasteiger partial charge in [-0.25, -0.2) is 0 Å². The summed E-state index contributed by atoms with van der Waals surface area (Å²) in [6.45, 7) is -0.697. The zero-order valence-electron chi connectivity index (χ0n) is 14.5. The first-order chi connectivity index (χ1) is 12.5. The van der Waals surface area contributed by atoms with Gasteiger partial charge in [0.15, 0.2) is 11.5 Å². The molecule has 1 aliphatic rings. The van der Waals surface area contributed by atoms with E-state index >= 15 is 0 Å². The van der Waals surface area contributed by atoms with Gasteiger partial charge in [0, 0.05) is 0 Å². The number of rotatable bonds is 7. The molecule has 1 saturated heterocycles. The highest BCUT2D eigenvalue weighted by atomic mass is 16.7. The fourth-order valence-corrected chi connectivity index (χ4v) is 2.58. The van der Waals surface area contributed by atoms with Gasteiger partial charge in [-0.3, -0.25) is 0 Å². The quantitative estimate of drug-likeness (QED) is 0.403. The first kappa shape index (κ1) is 20.4. The summed E-state index contributed by atoms with van der Waals surface area (Å²) in [6.07, 6.45) is -3.88. The number of ether oxygens (including phenoxy) is 4. The van der Waals surface area contributed by atoms with Crippen LogP contribution in [0.15, 0.2) is 18.2 Å². The largest absolute Gasteiger partial charge is 0.493 e. The van der Waals surface area contributed by atoms with Crippen LogP contribution in [-0.4, -0.2) is 83.7 Å². The molecule has 0 aromatic heterocycles. The van der Waals surface area contributed by atoms with Crippen LogP contribution in [0.5, 0.6) is 17.2 Å². The highest BCUT2D eigenvalue weighted by Gasteiger charge is 2.45. The molecule has 0 bridgehead atoms. The van der Waals surface area contributed by atoms with E-state index in [1.165, 1.54) is 20.3 Å². The summed E-state index contributed by atoms with van der Waals surface area (Å²) in [4.78, 5) is 0. The Balaban J connectivity index is 2.33. The second-order valence-corrected chi connectivity index (χ2v) is 5.65. The molecule has 1 aromatic rings. The molecule has 0 radical (unpaired) electrons. The maximum atomic E-state index is 10.1. The van der Waals surface area contributed by atoms with Crippen molar-refractivity contribution < 1.29 is 44.5 Å². The van der Waals surface area contributed by atoms with Gasteiger partial charge in [-0.15, -0.1) is 0 Å². The average Bonchev–Trinajstić information content (AvgIpc) is 2.66. The molecular formula is C17H24O9. The van der Waals surface area contributed by atoms with Gasteiger partial charge in [-0.1, -0.05) is 12.2 Å². The molecular weight excluding hydrogens is 348 g/mol. The van der Waals surface area contributed by atoms with Crippen LogP contribution in [0, 0.1) is 0 Å². The van der Waals surface area contributed by atoms with Crippen molar-refractivity contribution in [2.75, 3.05) is 27.4 Å². The fraction of sp³-hybridized carbons (Fsp3) is 0.529. The summed E-state index contributed by atoms with van der Waals surface area (Å²) in [7, 11) is 2.82. The number of aliphatic hydroxyl groups excluding tert-OH is 5. The van der Waals surface area contributed by atoms with Crippen LogP contribution in [0.4, 0.5) is 0 Å². The lowest BCUT2D eigenvalue weighted by Gasteiger charge is -2.39. The van der Waals surface area contributed by atoms with Crippen LogP contribution >= 0.6 is 0 Å². The minimum Gasteiger partial charge on any atom is -0.493 e. The van der Waals surface area contributed by atoms with Crippen LogP contribution in [0.25, 0.3) is 6.08 Å². The van der Waals surface area contributed by atoms with E-state index < -0.39 is 37.3 Å². The van der Waals surface area contributed by atoms with Gasteiger partial charge in [0.25, 0.3) is 0 Å². The van der Waals surface area contributed by atoms with Crippen molar-refractivity contribution in [3.05, 3.63) is 23.8 Å². The van der Waals surface area contributed by atoms with Crippen molar-refractivity contribution in [2.45, 2.75) is 30.7 Å². The molecule has 26 heavy (non-hydrogen) atoms. The molecule has 0 aliphatic carbocycles. The molecule has 9 nitrogen and oxygen atoms in total. The zero-order chi connectivity index (χ0) is 19.3. The van der Waals surface area contributed by atoms with Crippen LogP contribution in [0.1, 0.15) is 5.56 Å². The first-order valence-corrected chi connectivity index (χ1v) is 7.97. The Morgan fingerprint density at radius 2 is 1.62 bits per heavy atom. The Morgan fingerprint density at radius 1 is 1.00 bits per heavy atom. The molecule has 1 fully saturated rings. The average molecular weight is 372 g/mol. The van der Waals surface area contributed by atoms with Crippen molar-refractivity contribution in [1.82, 2.24) is 0 Å². The lowest BCUT2D eigenvalue weighted by molar-refractivity contribution is -0.277. The summed E-state index contributed by atoms with van der Waals surface area (Å²) in [5, 5.41) is 48.0. The third-order valence-electron chi connectivity index (χ3n) is 3.98. The smallest absolute Gasteiger partial charge is 0.229 e. The maximum absolute atomic E-state index is 10.1. The Kier molecular flexibility index (Phi) is 7.21. The predicted octanol–water partition coefficient (Wildman–Crippen LogP) is -1.11. The van der Waals surface area contributed by atoms with E-state index in [-0.39, 0.29) is 23.9 Å². The molecule has 9 heteroatoms. The molecule has 0 unspecified atom stereocenters.